The maximum absolute atomic E-state index is 14.7. The summed E-state index contributed by atoms with van der Waals surface area (Å²) in [7, 11) is -6.89. The minimum absolute atomic E-state index is 0.00457. The van der Waals surface area contributed by atoms with Crippen molar-refractivity contribution < 1.29 is 94.3 Å². The zero-order valence-corrected chi connectivity index (χ0v) is 71.3. The van der Waals surface area contributed by atoms with E-state index >= 15 is 0 Å². The Balaban J connectivity index is 0.874. The molecule has 0 aromatic heterocycles. The summed E-state index contributed by atoms with van der Waals surface area (Å²) in [5.74, 6) is -1.21. The molecule has 0 saturated carbocycles. The van der Waals surface area contributed by atoms with Gasteiger partial charge in [-0.2, -0.15) is 0 Å². The molecule has 0 N–H and O–H groups in total. The molecule has 20 nitrogen and oxygen atoms in total. The second kappa shape index (κ2) is 39.4. The van der Waals surface area contributed by atoms with Crippen LogP contribution in [0.3, 0.4) is 0 Å². The number of rotatable bonds is 32. The highest BCUT2D eigenvalue weighted by atomic mass is 28.4. The Kier molecular flexibility index (Phi) is 28.0. The fourth-order valence-corrected chi connectivity index (χ4v) is 26.2. The molecule has 5 aliphatic heterocycles. The van der Waals surface area contributed by atoms with Gasteiger partial charge in [0.25, 0.3) is 16.6 Å². The fourth-order valence-electron chi connectivity index (χ4n) is 17.1. The van der Waals surface area contributed by atoms with Crippen molar-refractivity contribution in [1.82, 2.24) is 0 Å². The summed E-state index contributed by atoms with van der Waals surface area (Å²) in [5, 5.41) is 2.94. The molecule has 121 heavy (non-hydrogen) atoms. The first-order valence-corrected chi connectivity index (χ1v) is 45.4. The lowest BCUT2D eigenvalue weighted by molar-refractivity contribution is -0.376. The molecular formula is C99H106O20Si2. The molecule has 5 aliphatic rings. The molecule has 10 aromatic carbocycles. The van der Waals surface area contributed by atoms with Crippen molar-refractivity contribution in [1.29, 1.82) is 0 Å². The minimum atomic E-state index is -3.45. The van der Waals surface area contributed by atoms with Gasteiger partial charge in [0.15, 0.2) is 49.4 Å². The average molecular weight is 1670 g/mol. The highest BCUT2D eigenvalue weighted by Gasteiger charge is 2.62. The second-order valence-electron chi connectivity index (χ2n) is 33.1. The first-order chi connectivity index (χ1) is 58.8. The van der Waals surface area contributed by atoms with E-state index < -0.39 is 155 Å². The van der Waals surface area contributed by atoms with Crippen LogP contribution in [0.15, 0.2) is 316 Å². The standard InChI is InChI=1S/C99H106O20Si2/c1-67-82(114-92(100)73-47-27-13-28-48-73)86(104-61-69-39-19-9-20-40-69)89(106-63-71-43-23-11-24-44-71)94(110-67)112-79-59-60-103-80(65-108-120(98(3,4)5,75-51-31-15-32-52-75)76-53-33-16-34-54-76)84(79)116-96-91(88-85(118-97(102)119-88)81(113-96)66-109-121(99(6,7)8,77-55-35-17-36-56-77)78-57-37-18-38-58-78)117-95-90(107-64-72-45-25-12-26-46-72)87(105-62-70-41-21-10-22-42-70)83(68(2)111-95)115-93(101)74-49-29-14-30-50-74/h9-60,67-68,79-91,94-96H,61-66H2,1-8H3/t67?,68?,79-,80?,81?,82?,83+,84?,85?,86-,87?,88+,89?,90+,91?,94-,95?,96+/m1/s1. The number of hydrogen-bond acceptors (Lipinski definition) is 20. The van der Waals surface area contributed by atoms with E-state index in [0.717, 1.165) is 43.0 Å². The number of fused-ring (bicyclic) bond motifs is 1. The van der Waals surface area contributed by atoms with E-state index in [9.17, 15) is 14.4 Å². The number of ether oxygens (including phenoxy) is 15. The van der Waals surface area contributed by atoms with Crippen molar-refractivity contribution in [2.24, 2.45) is 0 Å². The molecule has 5 heterocycles. The Morgan fingerprint density at radius 1 is 0.339 bits per heavy atom. The maximum atomic E-state index is 14.7. The third kappa shape index (κ3) is 19.8. The van der Waals surface area contributed by atoms with Crippen molar-refractivity contribution in [3.63, 3.8) is 0 Å². The predicted molar refractivity (Wildman–Crippen MR) is 460 cm³/mol. The second-order valence-corrected chi connectivity index (χ2v) is 41.8. The highest BCUT2D eigenvalue weighted by Crippen LogP contribution is 2.44. The van der Waals surface area contributed by atoms with E-state index in [1.54, 1.807) is 67.8 Å². The summed E-state index contributed by atoms with van der Waals surface area (Å²) in [6, 6.07) is 97.1. The molecule has 4 saturated heterocycles. The van der Waals surface area contributed by atoms with E-state index in [2.05, 4.69) is 90.1 Å². The van der Waals surface area contributed by atoms with Crippen LogP contribution in [0.5, 0.6) is 0 Å². The van der Waals surface area contributed by atoms with Crippen molar-refractivity contribution >= 4 is 55.5 Å². The molecule has 630 valence electrons. The van der Waals surface area contributed by atoms with Crippen LogP contribution in [0, 0.1) is 0 Å². The van der Waals surface area contributed by atoms with Crippen LogP contribution in [0.4, 0.5) is 4.79 Å². The summed E-state index contributed by atoms with van der Waals surface area (Å²) < 4.78 is 122. The first-order valence-electron chi connectivity index (χ1n) is 41.6. The maximum Gasteiger partial charge on any atom is 0.509 e. The third-order valence-electron chi connectivity index (χ3n) is 23.0. The van der Waals surface area contributed by atoms with Gasteiger partial charge in [-0.15, -0.1) is 0 Å². The van der Waals surface area contributed by atoms with Crippen LogP contribution in [0.25, 0.3) is 0 Å². The third-order valence-corrected chi connectivity index (χ3v) is 33.0. The Labute approximate surface area is 710 Å². The topological polar surface area (TPSA) is 208 Å². The molecule has 0 spiro atoms. The number of esters is 2. The summed E-state index contributed by atoms with van der Waals surface area (Å²) >= 11 is 0. The van der Waals surface area contributed by atoms with Crippen molar-refractivity contribution in [3.8, 4) is 0 Å². The molecule has 4 fully saturated rings. The van der Waals surface area contributed by atoms with Gasteiger partial charge in [-0.05, 0) is 97.3 Å². The molecule has 10 aromatic rings. The number of hydrogen-bond donors (Lipinski definition) is 0. The molecule has 0 amide bonds. The zero-order valence-electron chi connectivity index (χ0n) is 69.3. The van der Waals surface area contributed by atoms with Gasteiger partial charge in [-0.25, -0.2) is 14.4 Å². The van der Waals surface area contributed by atoms with Gasteiger partial charge in [0, 0.05) is 0 Å². The number of carbonyl (C=O) groups excluding carboxylic acids is 3. The van der Waals surface area contributed by atoms with E-state index in [0.29, 0.717) is 11.1 Å². The first kappa shape index (κ1) is 85.9. The van der Waals surface area contributed by atoms with Gasteiger partial charge < -0.3 is 79.9 Å². The smallest absolute Gasteiger partial charge is 0.493 e. The van der Waals surface area contributed by atoms with Gasteiger partial charge in [-0.1, -0.05) is 321 Å². The molecule has 0 aliphatic carbocycles. The van der Waals surface area contributed by atoms with Crippen LogP contribution in [0.1, 0.15) is 98.4 Å². The van der Waals surface area contributed by atoms with Crippen molar-refractivity contribution in [2.75, 3.05) is 13.2 Å². The van der Waals surface area contributed by atoms with Crippen LogP contribution in [0.2, 0.25) is 10.1 Å². The zero-order chi connectivity index (χ0) is 83.9. The van der Waals surface area contributed by atoms with Crippen LogP contribution < -0.4 is 20.7 Å². The average Bonchev–Trinajstić information content (AvgIpc) is 1.12. The van der Waals surface area contributed by atoms with E-state index in [1.165, 1.54) is 0 Å². The Bertz CT molecular complexity index is 4850. The fraction of sp³-hybridized carbons (Fsp3) is 0.343. The molecular weight excluding hydrogens is 1570 g/mol. The van der Waals surface area contributed by atoms with Gasteiger partial charge in [0.2, 0.25) is 0 Å². The Morgan fingerprint density at radius 2 is 0.645 bits per heavy atom. The molecule has 22 heteroatoms. The lowest BCUT2D eigenvalue weighted by Crippen LogP contribution is -2.69. The summed E-state index contributed by atoms with van der Waals surface area (Å²) in [5.41, 5.74) is 3.94. The summed E-state index contributed by atoms with van der Waals surface area (Å²) in [6.07, 6.45) is -19.6. The predicted octanol–water partition coefficient (Wildman–Crippen LogP) is 15.1. The Hall–Kier alpha value is -10.1. The van der Waals surface area contributed by atoms with Crippen LogP contribution in [-0.4, -0.2) is 158 Å². The molecule has 18 atom stereocenters. The van der Waals surface area contributed by atoms with Gasteiger partial charge in [0.1, 0.15) is 48.8 Å². The largest absolute Gasteiger partial charge is 0.509 e. The van der Waals surface area contributed by atoms with E-state index in [1.807, 2.05) is 213 Å². The monoisotopic (exact) mass is 1670 g/mol. The summed E-state index contributed by atoms with van der Waals surface area (Å²) in [6.45, 7) is 16.6. The molecule has 0 bridgehead atoms. The number of benzene rings is 10. The van der Waals surface area contributed by atoms with Crippen molar-refractivity contribution in [3.05, 3.63) is 349 Å². The number of carbonyl (C=O) groups is 3. The van der Waals surface area contributed by atoms with Gasteiger partial charge in [0.05, 0.1) is 69.2 Å². The minimum Gasteiger partial charge on any atom is -0.493 e. The van der Waals surface area contributed by atoms with Gasteiger partial charge in [-0.3, -0.25) is 0 Å². The highest BCUT2D eigenvalue weighted by molar-refractivity contribution is 7.00. The van der Waals surface area contributed by atoms with Crippen molar-refractivity contribution in [2.45, 2.75) is 202 Å². The van der Waals surface area contributed by atoms with Gasteiger partial charge >= 0.3 is 18.1 Å². The lowest BCUT2D eigenvalue weighted by atomic mass is 9.96. The molecule has 0 radical (unpaired) electrons. The van der Waals surface area contributed by atoms with E-state index in [4.69, 9.17) is 79.9 Å². The molecule has 11 unspecified atom stereocenters. The van der Waals surface area contributed by atoms with E-state index in [-0.39, 0.29) is 39.6 Å². The normalized spacial score (nSPS) is 26.2. The SMILES string of the molecule is CC1O[C@H](O[C@@H]2C=COC(CO[Si](c3ccccc3)(c3ccccc3)C(C)(C)C)C2O[C@@H]2OC(CO[Si](c3ccccc3)(c3ccccc3)C(C)(C)C)C3OC(=O)O[C@@H]3C2OC2OC(C)[C@H](OC(=O)c3ccccc3)C(OCc3ccccc3)[C@@H]2OCc2ccccc2)C(OCc2ccccc2)[C@H](OCc2ccccc2)C1OC(=O)c1ccccc1. The summed E-state index contributed by atoms with van der Waals surface area (Å²) in [4.78, 5) is 43.7. The van der Waals surface area contributed by atoms with Crippen LogP contribution >= 0.6 is 0 Å². The van der Waals surface area contributed by atoms with Crippen LogP contribution in [-0.2, 0) is 106 Å². The quantitative estimate of drug-likeness (QED) is 0.0218. The Morgan fingerprint density at radius 3 is 1.01 bits per heavy atom. The lowest BCUT2D eigenvalue weighted by Gasteiger charge is -2.50. The molecule has 15 rings (SSSR count).